The second-order valence-corrected chi connectivity index (χ2v) is 8.60. The fourth-order valence-electron chi connectivity index (χ4n) is 3.86. The normalized spacial score (nSPS) is 20.5. The van der Waals surface area contributed by atoms with Crippen LogP contribution in [-0.2, 0) is 0 Å². The van der Waals surface area contributed by atoms with Crippen molar-refractivity contribution < 1.29 is 14.3 Å². The molecule has 0 N–H and O–H groups in total. The first-order valence-electron chi connectivity index (χ1n) is 10.8. The molecule has 2 aliphatic rings. The predicted molar refractivity (Wildman–Crippen MR) is 119 cm³/mol. The molecule has 29 heavy (non-hydrogen) atoms. The van der Waals surface area contributed by atoms with Crippen molar-refractivity contribution in [3.63, 3.8) is 0 Å². The molecule has 1 aromatic carbocycles. The van der Waals surface area contributed by atoms with Crippen molar-refractivity contribution >= 4 is 22.7 Å². The fourth-order valence-corrected chi connectivity index (χ4v) is 4.82. The number of carbonyl (C=O) groups is 1. The van der Waals surface area contributed by atoms with Gasteiger partial charge in [0.05, 0.1) is 24.7 Å². The van der Waals surface area contributed by atoms with Crippen LogP contribution >= 0.6 is 11.8 Å². The Hall–Kier alpha value is -1.73. The second-order valence-electron chi connectivity index (χ2n) is 7.44. The van der Waals surface area contributed by atoms with Crippen LogP contribution in [0, 0.1) is 0 Å². The van der Waals surface area contributed by atoms with Gasteiger partial charge in [-0.1, -0.05) is 25.1 Å². The number of amides is 1. The van der Waals surface area contributed by atoms with Crippen LogP contribution in [0.4, 0.5) is 4.79 Å². The number of hydrogen-bond acceptors (Lipinski definition) is 6. The molecular weight excluding hydrogens is 386 g/mol. The van der Waals surface area contributed by atoms with Gasteiger partial charge in [-0.3, -0.25) is 4.79 Å². The van der Waals surface area contributed by atoms with E-state index in [0.717, 1.165) is 36.4 Å². The molecule has 2 heterocycles. The number of thioether (sulfide) groups is 1. The zero-order valence-corrected chi connectivity index (χ0v) is 18.7. The van der Waals surface area contributed by atoms with Crippen molar-refractivity contribution in [3.05, 3.63) is 23.8 Å². The lowest BCUT2D eigenvalue weighted by Gasteiger charge is -2.30. The van der Waals surface area contributed by atoms with Crippen molar-refractivity contribution in [1.82, 2.24) is 9.91 Å². The maximum atomic E-state index is 12.6. The molecule has 0 radical (unpaired) electrons. The van der Waals surface area contributed by atoms with Crippen LogP contribution in [0.3, 0.4) is 0 Å². The van der Waals surface area contributed by atoms with E-state index in [2.05, 4.69) is 11.8 Å². The molecule has 0 aliphatic carbocycles. The topological polar surface area (TPSA) is 54.4 Å². The van der Waals surface area contributed by atoms with E-state index in [1.807, 2.05) is 25.1 Å². The molecule has 1 fully saturated rings. The number of carbonyl (C=O) groups excluding carboxylic acids is 1. The first-order valence-corrected chi connectivity index (χ1v) is 11.6. The van der Waals surface area contributed by atoms with Crippen LogP contribution in [0.5, 0.6) is 11.5 Å². The highest BCUT2D eigenvalue weighted by molar-refractivity contribution is 8.14. The average Bonchev–Trinajstić information content (AvgIpc) is 2.76. The van der Waals surface area contributed by atoms with E-state index in [9.17, 15) is 4.79 Å². The van der Waals surface area contributed by atoms with E-state index in [0.29, 0.717) is 18.9 Å². The summed E-state index contributed by atoms with van der Waals surface area (Å²) in [7, 11) is 1.65. The largest absolute Gasteiger partial charge is 0.493 e. The molecule has 1 saturated heterocycles. The summed E-state index contributed by atoms with van der Waals surface area (Å²) in [6, 6.07) is 5.90. The Morgan fingerprint density at radius 1 is 1.14 bits per heavy atom. The minimum Gasteiger partial charge on any atom is -0.493 e. The van der Waals surface area contributed by atoms with E-state index < -0.39 is 0 Å². The zero-order chi connectivity index (χ0) is 20.6. The molecule has 7 heteroatoms. The molecule has 6 nitrogen and oxygen atoms in total. The SMILES string of the molecule is CCOc1ccc(C2=NN(CCCN3CCCCC3)C(=O)SC2CC)cc1OC. The molecule has 0 saturated carbocycles. The number of benzene rings is 1. The summed E-state index contributed by atoms with van der Waals surface area (Å²) >= 11 is 1.38. The lowest BCUT2D eigenvalue weighted by atomic mass is 10.0. The average molecular weight is 420 g/mol. The molecule has 0 aromatic heterocycles. The molecule has 160 valence electrons. The molecule has 2 aliphatic heterocycles. The summed E-state index contributed by atoms with van der Waals surface area (Å²) in [6.07, 6.45) is 5.73. The summed E-state index contributed by atoms with van der Waals surface area (Å²) in [5, 5.41) is 6.55. The zero-order valence-electron chi connectivity index (χ0n) is 17.9. The number of methoxy groups -OCH3 is 1. The Morgan fingerprint density at radius 2 is 1.93 bits per heavy atom. The second kappa shape index (κ2) is 10.9. The standard InChI is InChI=1S/C22H33N3O3S/c1-4-20-21(17-10-11-18(28-5-2)19(16-17)27-3)23-25(22(26)29-20)15-9-14-24-12-7-6-8-13-24/h10-11,16,20H,4-9,12-15H2,1-3H3. The lowest BCUT2D eigenvalue weighted by molar-refractivity contribution is 0.203. The van der Waals surface area contributed by atoms with Gasteiger partial charge < -0.3 is 14.4 Å². The minimum atomic E-state index is 0.0529. The van der Waals surface area contributed by atoms with Crippen molar-refractivity contribution in [2.24, 2.45) is 5.10 Å². The van der Waals surface area contributed by atoms with Crippen LogP contribution in [0.2, 0.25) is 0 Å². The first-order chi connectivity index (χ1) is 14.2. The van der Waals surface area contributed by atoms with E-state index in [1.165, 1.54) is 44.1 Å². The quantitative estimate of drug-likeness (QED) is 0.584. The highest BCUT2D eigenvalue weighted by Crippen LogP contribution is 2.33. The third-order valence-electron chi connectivity index (χ3n) is 5.41. The van der Waals surface area contributed by atoms with Gasteiger partial charge in [-0.2, -0.15) is 5.10 Å². The van der Waals surface area contributed by atoms with Gasteiger partial charge in [0.15, 0.2) is 11.5 Å². The van der Waals surface area contributed by atoms with Crippen LogP contribution in [0.15, 0.2) is 23.3 Å². The highest BCUT2D eigenvalue weighted by Gasteiger charge is 2.30. The van der Waals surface area contributed by atoms with Gasteiger partial charge in [-0.05, 0) is 70.4 Å². The van der Waals surface area contributed by atoms with Crippen LogP contribution < -0.4 is 9.47 Å². The molecule has 3 rings (SSSR count). The van der Waals surface area contributed by atoms with E-state index in [1.54, 1.807) is 12.1 Å². The van der Waals surface area contributed by atoms with Gasteiger partial charge in [-0.25, -0.2) is 5.01 Å². The number of hydrogen-bond donors (Lipinski definition) is 0. The van der Waals surface area contributed by atoms with Gasteiger partial charge in [0, 0.05) is 12.1 Å². The van der Waals surface area contributed by atoms with Gasteiger partial charge in [-0.15, -0.1) is 0 Å². The number of rotatable bonds is 9. The molecule has 1 atom stereocenters. The van der Waals surface area contributed by atoms with Gasteiger partial charge in [0.1, 0.15) is 0 Å². The van der Waals surface area contributed by atoms with Crippen molar-refractivity contribution in [2.45, 2.75) is 51.2 Å². The van der Waals surface area contributed by atoms with Crippen LogP contribution in [-0.4, -0.2) is 66.0 Å². The summed E-state index contributed by atoms with van der Waals surface area (Å²) < 4.78 is 11.1. The van der Waals surface area contributed by atoms with E-state index in [-0.39, 0.29) is 10.5 Å². The van der Waals surface area contributed by atoms with Gasteiger partial charge in [0.25, 0.3) is 0 Å². The number of hydrazone groups is 1. The third kappa shape index (κ3) is 5.66. The minimum absolute atomic E-state index is 0.0529. The Bertz CT molecular complexity index is 719. The number of likely N-dealkylation sites (tertiary alicyclic amines) is 1. The van der Waals surface area contributed by atoms with Crippen molar-refractivity contribution in [2.75, 3.05) is 39.9 Å². The third-order valence-corrected chi connectivity index (χ3v) is 6.66. The maximum Gasteiger partial charge on any atom is 0.302 e. The van der Waals surface area contributed by atoms with Gasteiger partial charge >= 0.3 is 5.24 Å². The highest BCUT2D eigenvalue weighted by atomic mass is 32.2. The Kier molecular flexibility index (Phi) is 8.24. The van der Waals surface area contributed by atoms with E-state index in [4.69, 9.17) is 14.6 Å². The summed E-state index contributed by atoms with van der Waals surface area (Å²) in [6.45, 7) is 8.70. The van der Waals surface area contributed by atoms with Crippen molar-refractivity contribution in [3.8, 4) is 11.5 Å². The Balaban J connectivity index is 1.73. The maximum absolute atomic E-state index is 12.6. The van der Waals surface area contributed by atoms with E-state index >= 15 is 0 Å². The Labute approximate surface area is 178 Å². The molecular formula is C22H33N3O3S. The number of nitrogens with zero attached hydrogens (tertiary/aromatic N) is 3. The summed E-state index contributed by atoms with van der Waals surface area (Å²) in [4.78, 5) is 15.1. The molecule has 0 bridgehead atoms. The summed E-state index contributed by atoms with van der Waals surface area (Å²) in [5.74, 6) is 1.42. The van der Waals surface area contributed by atoms with Crippen LogP contribution in [0.1, 0.15) is 51.5 Å². The van der Waals surface area contributed by atoms with Crippen LogP contribution in [0.25, 0.3) is 0 Å². The van der Waals surface area contributed by atoms with Crippen molar-refractivity contribution in [1.29, 1.82) is 0 Å². The molecule has 1 aromatic rings. The lowest BCUT2D eigenvalue weighted by Crippen LogP contribution is -2.37. The number of ether oxygens (including phenoxy) is 2. The monoisotopic (exact) mass is 419 g/mol. The molecule has 1 unspecified atom stereocenters. The molecule has 1 amide bonds. The fraction of sp³-hybridized carbons (Fsp3) is 0.636. The van der Waals surface area contributed by atoms with Gasteiger partial charge in [0.2, 0.25) is 0 Å². The summed E-state index contributed by atoms with van der Waals surface area (Å²) in [5.41, 5.74) is 1.93. The number of piperidine rings is 1. The molecule has 0 spiro atoms. The first kappa shape index (κ1) is 22.0. The smallest absolute Gasteiger partial charge is 0.302 e. The predicted octanol–water partition coefficient (Wildman–Crippen LogP) is 4.62. The Morgan fingerprint density at radius 3 is 2.62 bits per heavy atom.